The number of nitrogens with zero attached hydrogens (tertiary/aromatic N) is 1. The van der Waals surface area contributed by atoms with E-state index >= 15 is 0 Å². The molecule has 2 nitrogen and oxygen atoms in total. The molecule has 1 heterocycles. The number of nitrogens with one attached hydrogen (secondary N) is 1. The van der Waals surface area contributed by atoms with Gasteiger partial charge in [0, 0.05) is 23.3 Å². The van der Waals surface area contributed by atoms with E-state index in [0.717, 1.165) is 13.0 Å². The van der Waals surface area contributed by atoms with Gasteiger partial charge in [-0.15, -0.1) is 11.3 Å². The zero-order valence-corrected chi connectivity index (χ0v) is 10.0. The van der Waals surface area contributed by atoms with Crippen LogP contribution in [0.4, 0.5) is 0 Å². The summed E-state index contributed by atoms with van der Waals surface area (Å²) in [5, 5.41) is 4.47. The standard InChI is InChI=1S/C11H18N2S/c1-11(2)6-4-8-10(11)13-9(14-8)5-7-12-3/h12H,4-7H2,1-3H3. The van der Waals surface area contributed by atoms with Crippen LogP contribution in [-0.2, 0) is 18.3 Å². The molecule has 0 atom stereocenters. The van der Waals surface area contributed by atoms with E-state index < -0.39 is 0 Å². The lowest BCUT2D eigenvalue weighted by Crippen LogP contribution is -2.14. The minimum atomic E-state index is 0.323. The monoisotopic (exact) mass is 210 g/mol. The summed E-state index contributed by atoms with van der Waals surface area (Å²) in [5.41, 5.74) is 1.69. The molecule has 0 bridgehead atoms. The van der Waals surface area contributed by atoms with Gasteiger partial charge in [0.05, 0.1) is 10.7 Å². The van der Waals surface area contributed by atoms with E-state index in [1.54, 1.807) is 0 Å². The van der Waals surface area contributed by atoms with E-state index in [1.807, 2.05) is 18.4 Å². The highest BCUT2D eigenvalue weighted by atomic mass is 32.1. The van der Waals surface area contributed by atoms with Crippen molar-refractivity contribution in [1.29, 1.82) is 0 Å². The van der Waals surface area contributed by atoms with Gasteiger partial charge in [-0.2, -0.15) is 0 Å². The molecule has 78 valence electrons. The predicted molar refractivity (Wildman–Crippen MR) is 61.1 cm³/mol. The third-order valence-electron chi connectivity index (χ3n) is 2.95. The molecule has 0 radical (unpaired) electrons. The van der Waals surface area contributed by atoms with E-state index in [4.69, 9.17) is 4.98 Å². The van der Waals surface area contributed by atoms with E-state index in [9.17, 15) is 0 Å². The molecule has 0 saturated carbocycles. The maximum atomic E-state index is 4.76. The molecule has 1 aromatic rings. The van der Waals surface area contributed by atoms with Crippen LogP contribution >= 0.6 is 11.3 Å². The number of aromatic nitrogens is 1. The fourth-order valence-corrected chi connectivity index (χ4v) is 3.23. The van der Waals surface area contributed by atoms with Gasteiger partial charge >= 0.3 is 0 Å². The van der Waals surface area contributed by atoms with Gasteiger partial charge in [0.2, 0.25) is 0 Å². The van der Waals surface area contributed by atoms with Gasteiger partial charge in [0.25, 0.3) is 0 Å². The van der Waals surface area contributed by atoms with Crippen LogP contribution in [0.3, 0.4) is 0 Å². The van der Waals surface area contributed by atoms with Gasteiger partial charge in [0.15, 0.2) is 0 Å². The molecule has 1 aliphatic rings. The zero-order valence-electron chi connectivity index (χ0n) is 9.18. The van der Waals surface area contributed by atoms with Crippen LogP contribution in [0.1, 0.15) is 35.8 Å². The van der Waals surface area contributed by atoms with Crippen LogP contribution in [0, 0.1) is 0 Å². The van der Waals surface area contributed by atoms with Crippen LogP contribution in [0.25, 0.3) is 0 Å². The quantitative estimate of drug-likeness (QED) is 0.826. The summed E-state index contributed by atoms with van der Waals surface area (Å²) < 4.78 is 0. The molecule has 2 rings (SSSR count). The number of hydrogen-bond acceptors (Lipinski definition) is 3. The van der Waals surface area contributed by atoms with Crippen molar-refractivity contribution in [2.45, 2.75) is 38.5 Å². The van der Waals surface area contributed by atoms with Gasteiger partial charge in [0.1, 0.15) is 0 Å². The molecule has 0 unspecified atom stereocenters. The van der Waals surface area contributed by atoms with Crippen LogP contribution in [0.2, 0.25) is 0 Å². The number of fused-ring (bicyclic) bond motifs is 1. The fraction of sp³-hybridized carbons (Fsp3) is 0.727. The lowest BCUT2D eigenvalue weighted by atomic mass is 9.91. The highest BCUT2D eigenvalue weighted by molar-refractivity contribution is 7.11. The first-order valence-corrected chi connectivity index (χ1v) is 6.09. The molecule has 0 amide bonds. The Labute approximate surface area is 89.8 Å². The molecule has 0 saturated heterocycles. The van der Waals surface area contributed by atoms with Gasteiger partial charge in [-0.25, -0.2) is 4.98 Å². The SMILES string of the molecule is CNCCc1nc2c(s1)CCC2(C)C. The largest absolute Gasteiger partial charge is 0.319 e. The Hall–Kier alpha value is -0.410. The van der Waals surface area contributed by atoms with Gasteiger partial charge < -0.3 is 5.32 Å². The second kappa shape index (κ2) is 3.63. The molecule has 0 spiro atoms. The van der Waals surface area contributed by atoms with Crippen molar-refractivity contribution in [3.05, 3.63) is 15.6 Å². The molecule has 1 aromatic heterocycles. The third-order valence-corrected chi connectivity index (χ3v) is 4.12. The number of rotatable bonds is 3. The molecule has 14 heavy (non-hydrogen) atoms. The average molecular weight is 210 g/mol. The zero-order chi connectivity index (χ0) is 10.2. The first kappa shape index (κ1) is 10.1. The predicted octanol–water partition coefficient (Wildman–Crippen LogP) is 2.13. The molecule has 0 aliphatic heterocycles. The highest BCUT2D eigenvalue weighted by Gasteiger charge is 2.33. The van der Waals surface area contributed by atoms with Crippen molar-refractivity contribution in [2.24, 2.45) is 0 Å². The maximum Gasteiger partial charge on any atom is 0.0944 e. The van der Waals surface area contributed by atoms with E-state index in [2.05, 4.69) is 19.2 Å². The lowest BCUT2D eigenvalue weighted by molar-refractivity contribution is 0.508. The van der Waals surface area contributed by atoms with Crippen molar-refractivity contribution >= 4 is 11.3 Å². The van der Waals surface area contributed by atoms with E-state index in [0.29, 0.717) is 5.41 Å². The number of hydrogen-bond donors (Lipinski definition) is 1. The Morgan fingerprint density at radius 1 is 1.50 bits per heavy atom. The van der Waals surface area contributed by atoms with Crippen LogP contribution in [-0.4, -0.2) is 18.6 Å². The summed E-state index contributed by atoms with van der Waals surface area (Å²) in [6, 6.07) is 0. The average Bonchev–Trinajstić information content (AvgIpc) is 2.65. The summed E-state index contributed by atoms with van der Waals surface area (Å²) >= 11 is 1.91. The molecule has 3 heteroatoms. The van der Waals surface area contributed by atoms with Crippen molar-refractivity contribution in [3.63, 3.8) is 0 Å². The summed E-state index contributed by atoms with van der Waals surface area (Å²) in [4.78, 5) is 6.29. The Balaban J connectivity index is 2.18. The second-order valence-corrected chi connectivity index (χ2v) is 5.78. The van der Waals surface area contributed by atoms with Gasteiger partial charge in [-0.1, -0.05) is 13.8 Å². The van der Waals surface area contributed by atoms with Gasteiger partial charge in [-0.05, 0) is 19.9 Å². The lowest BCUT2D eigenvalue weighted by Gasteiger charge is -2.15. The summed E-state index contributed by atoms with van der Waals surface area (Å²) in [7, 11) is 1.99. The van der Waals surface area contributed by atoms with E-state index in [1.165, 1.54) is 28.4 Å². The summed E-state index contributed by atoms with van der Waals surface area (Å²) in [6.45, 7) is 5.65. The van der Waals surface area contributed by atoms with Crippen LogP contribution in [0.15, 0.2) is 0 Å². The van der Waals surface area contributed by atoms with Crippen molar-refractivity contribution in [1.82, 2.24) is 10.3 Å². The Kier molecular flexibility index (Phi) is 2.62. The van der Waals surface area contributed by atoms with Crippen molar-refractivity contribution in [3.8, 4) is 0 Å². The number of likely N-dealkylation sites (N-methyl/N-ethyl adjacent to an activating group) is 1. The normalized spacial score (nSPS) is 18.5. The molecular weight excluding hydrogens is 192 g/mol. The Morgan fingerprint density at radius 3 is 2.93 bits per heavy atom. The smallest absolute Gasteiger partial charge is 0.0944 e. The third kappa shape index (κ3) is 1.71. The number of thiazole rings is 1. The number of aryl methyl sites for hydroxylation is 1. The van der Waals surface area contributed by atoms with E-state index in [-0.39, 0.29) is 0 Å². The topological polar surface area (TPSA) is 24.9 Å². The minimum absolute atomic E-state index is 0.323. The van der Waals surface area contributed by atoms with Gasteiger partial charge in [-0.3, -0.25) is 0 Å². The molecule has 0 aromatic carbocycles. The van der Waals surface area contributed by atoms with Crippen LogP contribution < -0.4 is 5.32 Å². The summed E-state index contributed by atoms with van der Waals surface area (Å²) in [6.07, 6.45) is 3.58. The first-order valence-electron chi connectivity index (χ1n) is 5.27. The maximum absolute atomic E-state index is 4.76. The minimum Gasteiger partial charge on any atom is -0.319 e. The highest BCUT2D eigenvalue weighted by Crippen LogP contribution is 2.40. The molecule has 1 N–H and O–H groups in total. The summed E-state index contributed by atoms with van der Waals surface area (Å²) in [5.74, 6) is 0. The second-order valence-electron chi connectivity index (χ2n) is 4.62. The molecular formula is C11H18N2S. The first-order chi connectivity index (χ1) is 6.63. The molecule has 0 fully saturated rings. The Morgan fingerprint density at radius 2 is 2.29 bits per heavy atom. The van der Waals surface area contributed by atoms with Crippen LogP contribution in [0.5, 0.6) is 0 Å². The van der Waals surface area contributed by atoms with Crippen molar-refractivity contribution < 1.29 is 0 Å². The fourth-order valence-electron chi connectivity index (χ4n) is 1.98. The van der Waals surface area contributed by atoms with Crippen molar-refractivity contribution in [2.75, 3.05) is 13.6 Å². The molecule has 1 aliphatic carbocycles. The Bertz CT molecular complexity index is 328.